The van der Waals surface area contributed by atoms with E-state index < -0.39 is 18.1 Å². The van der Waals surface area contributed by atoms with E-state index in [-0.39, 0.29) is 49.3 Å². The summed E-state index contributed by atoms with van der Waals surface area (Å²) in [5.74, 6) is 2.76. The zero-order valence-electron chi connectivity index (χ0n) is 43.1. The molecule has 2 aliphatic rings. The molecule has 4 aromatic heterocycles. The summed E-state index contributed by atoms with van der Waals surface area (Å²) in [4.78, 5) is 66.3. The van der Waals surface area contributed by atoms with Gasteiger partial charge in [0.2, 0.25) is 29.7 Å². The molecule has 2 aliphatic heterocycles. The summed E-state index contributed by atoms with van der Waals surface area (Å²) in [6.45, 7) is 14.0. The molecule has 7 N–H and O–H groups in total. The minimum absolute atomic E-state index is 0.0403. The number of para-hydroxylation sites is 1. The van der Waals surface area contributed by atoms with Crippen molar-refractivity contribution in [2.24, 2.45) is 23.3 Å². The Balaban J connectivity index is 1.04. The molecule has 2 saturated heterocycles. The van der Waals surface area contributed by atoms with Gasteiger partial charge in [-0.2, -0.15) is 15.0 Å². The maximum absolute atomic E-state index is 14.7. The standard InChI is InChI=1S/C50H73N17O7/c1-6-23-72-25-27-74-28-26-73-24-14-53-48-55-49(64-19-15-62(16-20-64)46(70)42(12-13-44(68)69)66-33-41(59-61-66)45(52)35(5)7-2)57-50(56-48)65-21-17-63(18-22-65)47(71)43(31-37-30-36-10-8-9-11-39(36)54-37)67-32-40(58-60-67)38(51)29-34(3)4/h1,8-11,30,32-35,38,42-43,45,54H,7,12-29,31,51-52H2,2-5H3,(H,68,69)(H,53,55,56,57)/t35-,38?,42+,43+,45?/m1/s1. The number of H-pyrrole nitrogens is 1. The number of carbonyl (C=O) groups is 3. The Labute approximate surface area is 431 Å². The van der Waals surface area contributed by atoms with Crippen molar-refractivity contribution in [2.45, 2.75) is 84.0 Å². The third-order valence-corrected chi connectivity index (χ3v) is 13.4. The molecule has 7 rings (SSSR count). The molecular formula is C50H73N17O7. The predicted octanol–water partition coefficient (Wildman–Crippen LogP) is 2.61. The van der Waals surface area contributed by atoms with Crippen LogP contribution in [-0.2, 0) is 35.0 Å². The van der Waals surface area contributed by atoms with Crippen molar-refractivity contribution in [2.75, 3.05) is 114 Å². The Morgan fingerprint density at radius 3 is 1.99 bits per heavy atom. The van der Waals surface area contributed by atoms with Crippen LogP contribution in [0.1, 0.15) is 94.6 Å². The van der Waals surface area contributed by atoms with E-state index in [4.69, 9.17) is 47.1 Å². The Hall–Kier alpha value is -6.78. The highest BCUT2D eigenvalue weighted by Crippen LogP contribution is 2.27. The number of hydrogen-bond acceptors (Lipinski definition) is 18. The zero-order chi connectivity index (χ0) is 52.6. The number of carboxylic acid groups (broad SMARTS) is 1. The van der Waals surface area contributed by atoms with Crippen LogP contribution in [0.25, 0.3) is 10.9 Å². The molecule has 24 heteroatoms. The number of fused-ring (bicyclic) bond motifs is 1. The first-order valence-electron chi connectivity index (χ1n) is 25.7. The van der Waals surface area contributed by atoms with Crippen molar-refractivity contribution in [1.29, 1.82) is 0 Å². The summed E-state index contributed by atoms with van der Waals surface area (Å²) >= 11 is 0. The van der Waals surface area contributed by atoms with Gasteiger partial charge in [-0.15, -0.1) is 16.6 Å². The van der Waals surface area contributed by atoms with Gasteiger partial charge >= 0.3 is 5.97 Å². The molecule has 24 nitrogen and oxygen atoms in total. The smallest absolute Gasteiger partial charge is 0.303 e. The fourth-order valence-corrected chi connectivity index (χ4v) is 8.95. The highest BCUT2D eigenvalue weighted by Gasteiger charge is 2.34. The average molecular weight is 1020 g/mol. The average Bonchev–Trinajstić information content (AvgIpc) is 4.20. The number of carbonyl (C=O) groups excluding carboxylic acids is 2. The van der Waals surface area contributed by atoms with Crippen LogP contribution in [0.4, 0.5) is 17.8 Å². The maximum Gasteiger partial charge on any atom is 0.303 e. The number of carboxylic acids is 1. The third kappa shape index (κ3) is 14.9. The molecule has 2 unspecified atom stereocenters. The molecule has 0 aliphatic carbocycles. The number of nitrogens with zero attached hydrogens (tertiary/aromatic N) is 13. The molecule has 0 bridgehead atoms. The minimum atomic E-state index is -1.01. The number of nitrogens with one attached hydrogen (secondary N) is 2. The van der Waals surface area contributed by atoms with E-state index in [1.165, 1.54) is 4.68 Å². The van der Waals surface area contributed by atoms with Crippen LogP contribution >= 0.6 is 0 Å². The van der Waals surface area contributed by atoms with Gasteiger partial charge in [0.15, 0.2) is 0 Å². The fourth-order valence-electron chi connectivity index (χ4n) is 8.95. The molecule has 5 aromatic rings. The quantitative estimate of drug-likeness (QED) is 0.0355. The van der Waals surface area contributed by atoms with Crippen LogP contribution in [0, 0.1) is 24.2 Å². The molecule has 0 saturated carbocycles. The van der Waals surface area contributed by atoms with E-state index in [0.717, 1.165) is 29.4 Å². The monoisotopic (exact) mass is 1020 g/mol. The number of hydrogen-bond donors (Lipinski definition) is 5. The van der Waals surface area contributed by atoms with Crippen LogP contribution in [0.5, 0.6) is 0 Å². The van der Waals surface area contributed by atoms with Crippen molar-refractivity contribution < 1.29 is 33.7 Å². The molecule has 0 radical (unpaired) electrons. The number of piperazine rings is 2. The van der Waals surface area contributed by atoms with E-state index >= 15 is 0 Å². The number of anilines is 3. The van der Waals surface area contributed by atoms with Crippen LogP contribution < -0.4 is 26.6 Å². The van der Waals surface area contributed by atoms with E-state index in [0.29, 0.717) is 134 Å². The number of nitrogens with two attached hydrogens (primary N) is 2. The van der Waals surface area contributed by atoms with Gasteiger partial charge in [0.05, 0.1) is 68.9 Å². The van der Waals surface area contributed by atoms with Gasteiger partial charge in [0, 0.05) is 83.0 Å². The lowest BCUT2D eigenvalue weighted by Crippen LogP contribution is -2.52. The van der Waals surface area contributed by atoms with Gasteiger partial charge in [0.1, 0.15) is 18.7 Å². The Kier molecular flexibility index (Phi) is 20.0. The van der Waals surface area contributed by atoms with Crippen molar-refractivity contribution in [3.63, 3.8) is 0 Å². The van der Waals surface area contributed by atoms with Crippen molar-refractivity contribution in [3.05, 3.63) is 59.8 Å². The summed E-state index contributed by atoms with van der Waals surface area (Å²) in [5, 5.41) is 31.3. The van der Waals surface area contributed by atoms with E-state index in [1.807, 2.05) is 52.8 Å². The van der Waals surface area contributed by atoms with Crippen LogP contribution in [0.3, 0.4) is 0 Å². The second-order valence-corrected chi connectivity index (χ2v) is 19.2. The summed E-state index contributed by atoms with van der Waals surface area (Å²) in [6, 6.07) is 7.85. The number of terminal acetylenes is 1. The number of aromatic nitrogens is 10. The minimum Gasteiger partial charge on any atom is -0.481 e. The van der Waals surface area contributed by atoms with Gasteiger partial charge in [-0.25, -0.2) is 9.36 Å². The number of aliphatic carboxylic acids is 1. The molecule has 2 fully saturated rings. The molecule has 74 heavy (non-hydrogen) atoms. The lowest BCUT2D eigenvalue weighted by Gasteiger charge is -2.38. The number of rotatable bonds is 28. The second-order valence-electron chi connectivity index (χ2n) is 19.2. The molecule has 1 aromatic carbocycles. The summed E-state index contributed by atoms with van der Waals surface area (Å²) in [6.07, 6.45) is 10.4. The fraction of sp³-hybridized carbons (Fsp3) is 0.600. The first-order chi connectivity index (χ1) is 35.8. The van der Waals surface area contributed by atoms with Crippen LogP contribution in [0.2, 0.25) is 0 Å². The van der Waals surface area contributed by atoms with E-state index in [9.17, 15) is 19.5 Å². The SMILES string of the molecule is C#CCOCCOCCOCCNc1nc(N2CCN(C(=O)[C@H](Cc3cc4ccccc4[nH]3)n3cc(C(N)CC(C)C)nn3)CC2)nc(N2CCN(C(=O)[C@H](CCC(=O)O)n3cc(C(N)[C@H](C)CC)nn3)CC2)n1. The van der Waals surface area contributed by atoms with Crippen molar-refractivity contribution in [1.82, 2.24) is 59.7 Å². The topological polar surface area (TPSA) is 292 Å². The summed E-state index contributed by atoms with van der Waals surface area (Å²) in [5.41, 5.74) is 16.0. The third-order valence-electron chi connectivity index (χ3n) is 13.4. The number of ether oxygens (including phenoxy) is 3. The van der Waals surface area contributed by atoms with Gasteiger partial charge in [-0.3, -0.25) is 14.4 Å². The Bertz CT molecular complexity index is 2580. The highest BCUT2D eigenvalue weighted by atomic mass is 16.5. The lowest BCUT2D eigenvalue weighted by molar-refractivity contribution is -0.139. The van der Waals surface area contributed by atoms with Crippen LogP contribution in [0.15, 0.2) is 42.7 Å². The highest BCUT2D eigenvalue weighted by molar-refractivity contribution is 5.83. The largest absolute Gasteiger partial charge is 0.481 e. The molecule has 6 heterocycles. The molecular weight excluding hydrogens is 951 g/mol. The van der Waals surface area contributed by atoms with Gasteiger partial charge in [0.25, 0.3) is 0 Å². The summed E-state index contributed by atoms with van der Waals surface area (Å²) in [7, 11) is 0. The molecule has 2 amide bonds. The number of benzene rings is 1. The van der Waals surface area contributed by atoms with Gasteiger partial charge in [-0.05, 0) is 42.2 Å². The van der Waals surface area contributed by atoms with Gasteiger partial charge < -0.3 is 60.7 Å². The lowest BCUT2D eigenvalue weighted by atomic mass is 9.98. The van der Waals surface area contributed by atoms with Crippen molar-refractivity contribution >= 4 is 46.5 Å². The van der Waals surface area contributed by atoms with Crippen molar-refractivity contribution in [3.8, 4) is 12.3 Å². The first-order valence-corrected chi connectivity index (χ1v) is 25.7. The first kappa shape index (κ1) is 55.0. The zero-order valence-corrected chi connectivity index (χ0v) is 43.1. The van der Waals surface area contributed by atoms with E-state index in [1.54, 1.807) is 22.0 Å². The maximum atomic E-state index is 14.7. The molecule has 0 spiro atoms. The number of amides is 2. The summed E-state index contributed by atoms with van der Waals surface area (Å²) < 4.78 is 19.7. The Morgan fingerprint density at radius 1 is 0.797 bits per heavy atom. The van der Waals surface area contributed by atoms with Crippen LogP contribution in [-0.4, -0.2) is 181 Å². The second kappa shape index (κ2) is 27.0. The predicted molar refractivity (Wildman–Crippen MR) is 277 cm³/mol. The molecule has 400 valence electrons. The number of aromatic amines is 1. The Morgan fingerprint density at radius 2 is 1.38 bits per heavy atom. The van der Waals surface area contributed by atoms with E-state index in [2.05, 4.69) is 56.8 Å². The molecule has 5 atom stereocenters. The van der Waals surface area contributed by atoms with Gasteiger partial charge in [-0.1, -0.05) is 68.7 Å². The normalized spacial score (nSPS) is 16.3.